The van der Waals surface area contributed by atoms with E-state index in [0.717, 1.165) is 21.9 Å². The van der Waals surface area contributed by atoms with Gasteiger partial charge in [0, 0.05) is 18.7 Å². The first kappa shape index (κ1) is 16.3. The van der Waals surface area contributed by atoms with Crippen LogP contribution in [0.3, 0.4) is 0 Å². The molecule has 1 aromatic carbocycles. The third kappa shape index (κ3) is 3.65. The summed E-state index contributed by atoms with van der Waals surface area (Å²) < 4.78 is 11.6. The zero-order valence-corrected chi connectivity index (χ0v) is 14.6. The first-order valence-electron chi connectivity index (χ1n) is 7.54. The average Bonchev–Trinajstić information content (AvgIpc) is 3.10. The van der Waals surface area contributed by atoms with Gasteiger partial charge in [0.1, 0.15) is 23.8 Å². The van der Waals surface area contributed by atoms with Crippen LogP contribution in [-0.2, 0) is 11.4 Å². The Morgan fingerprint density at radius 3 is 2.88 bits per heavy atom. The molecule has 2 aromatic heterocycles. The Morgan fingerprint density at radius 1 is 1.33 bits per heavy atom. The van der Waals surface area contributed by atoms with Gasteiger partial charge < -0.3 is 14.5 Å². The van der Waals surface area contributed by atoms with Crippen LogP contribution in [-0.4, -0.2) is 10.9 Å². The molecular weight excluding hydrogens is 324 g/mol. The molecule has 0 saturated heterocycles. The van der Waals surface area contributed by atoms with E-state index in [1.54, 1.807) is 17.4 Å². The predicted molar refractivity (Wildman–Crippen MR) is 94.4 cm³/mol. The van der Waals surface area contributed by atoms with Gasteiger partial charge in [-0.25, -0.2) is 4.98 Å². The van der Waals surface area contributed by atoms with Crippen LogP contribution in [0, 0.1) is 13.8 Å². The monoisotopic (exact) mass is 342 g/mol. The number of amides is 1. The van der Waals surface area contributed by atoms with Gasteiger partial charge in [0.25, 0.3) is 0 Å². The number of thiophene rings is 1. The Morgan fingerprint density at radius 2 is 2.17 bits per heavy atom. The maximum Gasteiger partial charge on any atom is 0.237 e. The third-order valence-electron chi connectivity index (χ3n) is 3.48. The first-order chi connectivity index (χ1) is 11.5. The van der Waals surface area contributed by atoms with E-state index in [-0.39, 0.29) is 5.91 Å². The lowest BCUT2D eigenvalue weighted by molar-refractivity contribution is -0.114. The number of aromatic nitrogens is 1. The van der Waals surface area contributed by atoms with Gasteiger partial charge in [0.15, 0.2) is 0 Å². The summed E-state index contributed by atoms with van der Waals surface area (Å²) in [6.45, 7) is 5.70. The number of aryl methyl sites for hydroxylation is 2. The number of rotatable bonds is 5. The van der Waals surface area contributed by atoms with Crippen molar-refractivity contribution < 1.29 is 13.9 Å². The molecule has 1 amide bonds. The van der Waals surface area contributed by atoms with Crippen molar-refractivity contribution in [1.29, 1.82) is 0 Å². The Kier molecular flexibility index (Phi) is 4.66. The van der Waals surface area contributed by atoms with Gasteiger partial charge in [-0.15, -0.1) is 11.3 Å². The number of hydrogen-bond acceptors (Lipinski definition) is 5. The smallest absolute Gasteiger partial charge is 0.237 e. The normalized spacial score (nSPS) is 10.6. The van der Waals surface area contributed by atoms with E-state index in [4.69, 9.17) is 9.15 Å². The van der Waals surface area contributed by atoms with Gasteiger partial charge in [-0.2, -0.15) is 0 Å². The highest BCUT2D eigenvalue weighted by Gasteiger charge is 2.14. The molecule has 0 aliphatic heterocycles. The highest BCUT2D eigenvalue weighted by molar-refractivity contribution is 7.13. The highest BCUT2D eigenvalue weighted by atomic mass is 32.1. The fraction of sp³-hybridized carbons (Fsp3) is 0.222. The molecule has 0 unspecified atom stereocenters. The predicted octanol–water partition coefficient (Wildman–Crippen LogP) is 4.56. The molecule has 0 fully saturated rings. The first-order valence-corrected chi connectivity index (χ1v) is 8.42. The van der Waals surface area contributed by atoms with Crippen molar-refractivity contribution in [3.05, 3.63) is 52.7 Å². The average molecular weight is 342 g/mol. The molecule has 1 N–H and O–H groups in total. The van der Waals surface area contributed by atoms with Crippen LogP contribution in [0.2, 0.25) is 0 Å². The maximum absolute atomic E-state index is 11.1. The molecule has 0 atom stereocenters. The molecule has 0 aliphatic carbocycles. The molecular formula is C18H18N2O3S. The van der Waals surface area contributed by atoms with Crippen molar-refractivity contribution in [2.24, 2.45) is 0 Å². The second-order valence-electron chi connectivity index (χ2n) is 5.45. The van der Waals surface area contributed by atoms with Crippen LogP contribution in [0.15, 0.2) is 40.1 Å². The van der Waals surface area contributed by atoms with Gasteiger partial charge in [0.05, 0.1) is 4.88 Å². The fourth-order valence-electron chi connectivity index (χ4n) is 2.27. The molecule has 0 saturated carbocycles. The minimum atomic E-state index is -0.115. The van der Waals surface area contributed by atoms with E-state index in [1.807, 2.05) is 43.5 Å². The second-order valence-corrected chi connectivity index (χ2v) is 6.37. The van der Waals surface area contributed by atoms with Crippen LogP contribution >= 0.6 is 11.3 Å². The molecule has 6 heteroatoms. The molecule has 5 nitrogen and oxygen atoms in total. The van der Waals surface area contributed by atoms with E-state index in [0.29, 0.717) is 23.9 Å². The van der Waals surface area contributed by atoms with Crippen molar-refractivity contribution in [3.63, 3.8) is 0 Å². The van der Waals surface area contributed by atoms with Gasteiger partial charge >= 0.3 is 0 Å². The Labute approximate surface area is 144 Å². The SMILES string of the molecule is CC(=O)Nc1cccc(OCc2nc(-c3sccc3C)oc2C)c1. The van der Waals surface area contributed by atoms with Crippen molar-refractivity contribution in [2.45, 2.75) is 27.4 Å². The zero-order chi connectivity index (χ0) is 17.1. The largest absolute Gasteiger partial charge is 0.487 e. The van der Waals surface area contributed by atoms with Crippen molar-refractivity contribution >= 4 is 22.9 Å². The van der Waals surface area contributed by atoms with Gasteiger partial charge in [-0.1, -0.05) is 6.07 Å². The quantitative estimate of drug-likeness (QED) is 0.738. The van der Waals surface area contributed by atoms with Gasteiger partial charge in [0.2, 0.25) is 11.8 Å². The number of nitrogens with zero attached hydrogens (tertiary/aromatic N) is 1. The molecule has 124 valence electrons. The van der Waals surface area contributed by atoms with Crippen LogP contribution < -0.4 is 10.1 Å². The second kappa shape index (κ2) is 6.88. The topological polar surface area (TPSA) is 64.4 Å². The molecule has 0 radical (unpaired) electrons. The lowest BCUT2D eigenvalue weighted by Gasteiger charge is -2.07. The number of anilines is 1. The number of hydrogen-bond donors (Lipinski definition) is 1. The number of ether oxygens (including phenoxy) is 1. The third-order valence-corrected chi connectivity index (χ3v) is 4.48. The number of carbonyl (C=O) groups is 1. The maximum atomic E-state index is 11.1. The summed E-state index contributed by atoms with van der Waals surface area (Å²) in [6.07, 6.45) is 0. The van der Waals surface area contributed by atoms with E-state index in [9.17, 15) is 4.79 Å². The van der Waals surface area contributed by atoms with E-state index in [2.05, 4.69) is 10.3 Å². The van der Waals surface area contributed by atoms with Crippen molar-refractivity contribution in [1.82, 2.24) is 4.98 Å². The van der Waals surface area contributed by atoms with Crippen LogP contribution in [0.25, 0.3) is 10.8 Å². The number of oxazole rings is 1. The summed E-state index contributed by atoms with van der Waals surface area (Å²) in [6, 6.07) is 9.30. The van der Waals surface area contributed by atoms with Crippen LogP contribution in [0.1, 0.15) is 23.9 Å². The Hall–Kier alpha value is -2.60. The molecule has 0 aliphatic rings. The summed E-state index contributed by atoms with van der Waals surface area (Å²) in [5.74, 6) is 1.93. The van der Waals surface area contributed by atoms with Gasteiger partial charge in [-0.3, -0.25) is 4.79 Å². The van der Waals surface area contributed by atoms with Crippen LogP contribution in [0.5, 0.6) is 5.75 Å². The Balaban J connectivity index is 1.72. The standard InChI is InChI=1S/C18H18N2O3S/c1-11-7-8-24-17(11)18-20-16(12(2)23-18)10-22-15-6-4-5-14(9-15)19-13(3)21/h4-9H,10H2,1-3H3,(H,19,21). The summed E-state index contributed by atoms with van der Waals surface area (Å²) in [4.78, 5) is 16.7. The number of nitrogens with one attached hydrogen (secondary N) is 1. The Bertz CT molecular complexity index is 867. The minimum Gasteiger partial charge on any atom is -0.487 e. The lowest BCUT2D eigenvalue weighted by atomic mass is 10.3. The number of benzene rings is 1. The molecule has 0 spiro atoms. The van der Waals surface area contributed by atoms with Gasteiger partial charge in [-0.05, 0) is 43.0 Å². The van der Waals surface area contributed by atoms with E-state index >= 15 is 0 Å². The summed E-state index contributed by atoms with van der Waals surface area (Å²) in [5.41, 5.74) is 2.62. The van der Waals surface area contributed by atoms with Crippen molar-refractivity contribution in [2.75, 3.05) is 5.32 Å². The van der Waals surface area contributed by atoms with E-state index in [1.165, 1.54) is 6.92 Å². The molecule has 0 bridgehead atoms. The summed E-state index contributed by atoms with van der Waals surface area (Å²) in [7, 11) is 0. The summed E-state index contributed by atoms with van der Waals surface area (Å²) >= 11 is 1.61. The fourth-order valence-corrected chi connectivity index (χ4v) is 3.12. The molecule has 3 rings (SSSR count). The van der Waals surface area contributed by atoms with Crippen molar-refractivity contribution in [3.8, 4) is 16.5 Å². The number of carbonyl (C=O) groups excluding carboxylic acids is 1. The summed E-state index contributed by atoms with van der Waals surface area (Å²) in [5, 5.41) is 4.75. The molecule has 2 heterocycles. The van der Waals surface area contributed by atoms with E-state index < -0.39 is 0 Å². The van der Waals surface area contributed by atoms with Crippen LogP contribution in [0.4, 0.5) is 5.69 Å². The minimum absolute atomic E-state index is 0.115. The highest BCUT2D eigenvalue weighted by Crippen LogP contribution is 2.30. The molecule has 3 aromatic rings. The molecule has 24 heavy (non-hydrogen) atoms. The zero-order valence-electron chi connectivity index (χ0n) is 13.8. The lowest BCUT2D eigenvalue weighted by Crippen LogP contribution is -2.05.